The molecule has 8 heteroatoms. The van der Waals surface area contributed by atoms with E-state index in [-0.39, 0.29) is 11.7 Å². The summed E-state index contributed by atoms with van der Waals surface area (Å²) in [7, 11) is 0. The predicted molar refractivity (Wildman–Crippen MR) is 101 cm³/mol. The normalized spacial score (nSPS) is 10.1. The molecule has 3 aromatic rings. The SMILES string of the molecule is C=CCNC(=O)Nc1ccc(NC(=O)c2cc(-c3cccnc3)on2)cc1. The molecule has 0 saturated heterocycles. The Morgan fingerprint density at radius 2 is 1.85 bits per heavy atom. The summed E-state index contributed by atoms with van der Waals surface area (Å²) in [6, 6.07) is 11.5. The third-order valence-electron chi connectivity index (χ3n) is 3.50. The van der Waals surface area contributed by atoms with E-state index < -0.39 is 5.91 Å². The smallest absolute Gasteiger partial charge is 0.319 e. The van der Waals surface area contributed by atoms with Crippen molar-refractivity contribution >= 4 is 23.3 Å². The van der Waals surface area contributed by atoms with Crippen molar-refractivity contribution in [3.05, 3.63) is 73.2 Å². The van der Waals surface area contributed by atoms with Crippen LogP contribution in [0.1, 0.15) is 10.5 Å². The fraction of sp³-hybridized carbons (Fsp3) is 0.0526. The van der Waals surface area contributed by atoms with Gasteiger partial charge in [0.2, 0.25) is 0 Å². The van der Waals surface area contributed by atoms with Gasteiger partial charge in [0.1, 0.15) is 0 Å². The van der Waals surface area contributed by atoms with Gasteiger partial charge in [-0.2, -0.15) is 0 Å². The van der Waals surface area contributed by atoms with E-state index >= 15 is 0 Å². The number of aromatic nitrogens is 2. The third-order valence-corrected chi connectivity index (χ3v) is 3.50. The molecule has 1 aromatic carbocycles. The lowest BCUT2D eigenvalue weighted by molar-refractivity contribution is 0.101. The molecule has 27 heavy (non-hydrogen) atoms. The molecule has 3 N–H and O–H groups in total. The maximum absolute atomic E-state index is 12.3. The van der Waals surface area contributed by atoms with Gasteiger partial charge < -0.3 is 20.5 Å². The fourth-order valence-corrected chi connectivity index (χ4v) is 2.20. The number of carbonyl (C=O) groups is 2. The Hall–Kier alpha value is -3.94. The van der Waals surface area contributed by atoms with Crippen molar-refractivity contribution in [1.29, 1.82) is 0 Å². The van der Waals surface area contributed by atoms with Crippen LogP contribution in [0.3, 0.4) is 0 Å². The quantitative estimate of drug-likeness (QED) is 0.582. The number of urea groups is 1. The lowest BCUT2D eigenvalue weighted by atomic mass is 10.2. The van der Waals surface area contributed by atoms with Crippen LogP contribution in [0.5, 0.6) is 0 Å². The Balaban J connectivity index is 1.60. The van der Waals surface area contributed by atoms with E-state index in [1.807, 2.05) is 6.07 Å². The average molecular weight is 363 g/mol. The fourth-order valence-electron chi connectivity index (χ4n) is 2.20. The van der Waals surface area contributed by atoms with Crippen LogP contribution in [0, 0.1) is 0 Å². The molecule has 0 aliphatic heterocycles. The third kappa shape index (κ3) is 4.79. The van der Waals surface area contributed by atoms with Crippen LogP contribution in [-0.4, -0.2) is 28.6 Å². The van der Waals surface area contributed by atoms with Gasteiger partial charge in [-0.05, 0) is 36.4 Å². The van der Waals surface area contributed by atoms with Crippen LogP contribution in [0.15, 0.2) is 72.0 Å². The molecular weight excluding hydrogens is 346 g/mol. The Kier molecular flexibility index (Phi) is 5.58. The number of hydrogen-bond acceptors (Lipinski definition) is 5. The molecule has 2 heterocycles. The molecule has 8 nitrogen and oxygen atoms in total. The Bertz CT molecular complexity index is 935. The maximum Gasteiger partial charge on any atom is 0.319 e. The highest BCUT2D eigenvalue weighted by molar-refractivity contribution is 6.03. The molecule has 136 valence electrons. The molecule has 3 amide bonds. The lowest BCUT2D eigenvalue weighted by Crippen LogP contribution is -2.28. The zero-order chi connectivity index (χ0) is 19.1. The number of nitrogens with zero attached hydrogens (tertiary/aromatic N) is 2. The van der Waals surface area contributed by atoms with Gasteiger partial charge in [-0.3, -0.25) is 9.78 Å². The summed E-state index contributed by atoms with van der Waals surface area (Å²) >= 11 is 0. The van der Waals surface area contributed by atoms with Crippen LogP contribution >= 0.6 is 0 Å². The Labute approximate surface area is 155 Å². The average Bonchev–Trinajstić information content (AvgIpc) is 3.19. The van der Waals surface area contributed by atoms with E-state index in [1.165, 1.54) is 0 Å². The van der Waals surface area contributed by atoms with Gasteiger partial charge in [0.15, 0.2) is 11.5 Å². The second kappa shape index (κ2) is 8.43. The van der Waals surface area contributed by atoms with Crippen molar-refractivity contribution < 1.29 is 14.1 Å². The molecule has 0 fully saturated rings. The second-order valence-corrected chi connectivity index (χ2v) is 5.47. The molecule has 0 bridgehead atoms. The van der Waals surface area contributed by atoms with Crippen LogP contribution < -0.4 is 16.0 Å². The van der Waals surface area contributed by atoms with E-state index in [0.717, 1.165) is 5.56 Å². The summed E-state index contributed by atoms with van der Waals surface area (Å²) in [5.41, 5.74) is 2.03. The number of rotatable bonds is 6. The molecule has 0 aliphatic carbocycles. The summed E-state index contributed by atoms with van der Waals surface area (Å²) in [4.78, 5) is 27.9. The van der Waals surface area contributed by atoms with Gasteiger partial charge in [-0.1, -0.05) is 11.2 Å². The molecule has 0 atom stereocenters. The predicted octanol–water partition coefficient (Wildman–Crippen LogP) is 3.30. The van der Waals surface area contributed by atoms with Crippen molar-refractivity contribution in [3.63, 3.8) is 0 Å². The van der Waals surface area contributed by atoms with Crippen LogP contribution in [0.2, 0.25) is 0 Å². The van der Waals surface area contributed by atoms with Crippen molar-refractivity contribution in [2.24, 2.45) is 0 Å². The van der Waals surface area contributed by atoms with E-state index in [0.29, 0.717) is 23.7 Å². The highest BCUT2D eigenvalue weighted by Crippen LogP contribution is 2.20. The Morgan fingerprint density at radius 1 is 1.11 bits per heavy atom. The highest BCUT2D eigenvalue weighted by Gasteiger charge is 2.14. The molecule has 3 rings (SSSR count). The second-order valence-electron chi connectivity index (χ2n) is 5.47. The minimum atomic E-state index is -0.404. The van der Waals surface area contributed by atoms with Crippen molar-refractivity contribution in [2.45, 2.75) is 0 Å². The minimum Gasteiger partial charge on any atom is -0.355 e. The minimum absolute atomic E-state index is 0.153. The van der Waals surface area contributed by atoms with Crippen LogP contribution in [0.25, 0.3) is 11.3 Å². The van der Waals surface area contributed by atoms with Gasteiger partial charge in [0.05, 0.1) is 0 Å². The number of amides is 3. The number of benzene rings is 1. The molecule has 0 saturated carbocycles. The molecule has 0 unspecified atom stereocenters. The summed E-state index contributed by atoms with van der Waals surface area (Å²) in [5, 5.41) is 11.8. The standard InChI is InChI=1S/C19H17N5O3/c1-2-9-21-19(26)23-15-7-5-14(6-8-15)22-18(25)16-11-17(27-24-16)13-4-3-10-20-12-13/h2-8,10-12H,1,9H2,(H,22,25)(H2,21,23,26). The van der Waals surface area contributed by atoms with Gasteiger partial charge in [-0.25, -0.2) is 4.79 Å². The zero-order valence-corrected chi connectivity index (χ0v) is 14.3. The van der Waals surface area contributed by atoms with Gasteiger partial charge in [-0.15, -0.1) is 6.58 Å². The monoisotopic (exact) mass is 363 g/mol. The van der Waals surface area contributed by atoms with Crippen molar-refractivity contribution in [1.82, 2.24) is 15.5 Å². The van der Waals surface area contributed by atoms with Gasteiger partial charge >= 0.3 is 6.03 Å². The summed E-state index contributed by atoms with van der Waals surface area (Å²) in [6.45, 7) is 3.90. The molecule has 0 aliphatic rings. The number of nitrogens with one attached hydrogen (secondary N) is 3. The van der Waals surface area contributed by atoms with Crippen molar-refractivity contribution in [3.8, 4) is 11.3 Å². The first-order valence-corrected chi connectivity index (χ1v) is 8.10. The molecule has 0 radical (unpaired) electrons. The van der Waals surface area contributed by atoms with E-state index in [2.05, 4.69) is 32.7 Å². The van der Waals surface area contributed by atoms with Crippen molar-refractivity contribution in [2.75, 3.05) is 17.2 Å². The number of hydrogen-bond donors (Lipinski definition) is 3. The highest BCUT2D eigenvalue weighted by atomic mass is 16.5. The first-order valence-electron chi connectivity index (χ1n) is 8.10. The largest absolute Gasteiger partial charge is 0.355 e. The van der Waals surface area contributed by atoms with Gasteiger partial charge in [0.25, 0.3) is 5.91 Å². The zero-order valence-electron chi connectivity index (χ0n) is 14.3. The first-order chi connectivity index (χ1) is 13.2. The number of anilines is 2. The number of pyridine rings is 1. The summed E-state index contributed by atoms with van der Waals surface area (Å²) in [6.07, 6.45) is 4.86. The van der Waals surface area contributed by atoms with E-state index in [9.17, 15) is 9.59 Å². The lowest BCUT2D eigenvalue weighted by Gasteiger charge is -2.07. The maximum atomic E-state index is 12.3. The molecular formula is C19H17N5O3. The molecule has 2 aromatic heterocycles. The first kappa shape index (κ1) is 17.9. The van der Waals surface area contributed by atoms with E-state index in [4.69, 9.17) is 4.52 Å². The summed E-state index contributed by atoms with van der Waals surface area (Å²) < 4.78 is 5.19. The topological polar surface area (TPSA) is 109 Å². The van der Waals surface area contributed by atoms with Gasteiger partial charge in [0, 0.05) is 41.9 Å². The Morgan fingerprint density at radius 3 is 2.52 bits per heavy atom. The van der Waals surface area contributed by atoms with Crippen LogP contribution in [-0.2, 0) is 0 Å². The summed E-state index contributed by atoms with van der Waals surface area (Å²) in [5.74, 6) is 0.0525. The molecule has 0 spiro atoms. The van der Waals surface area contributed by atoms with E-state index in [1.54, 1.807) is 54.9 Å². The number of carbonyl (C=O) groups excluding carboxylic acids is 2. The van der Waals surface area contributed by atoms with Crippen LogP contribution in [0.4, 0.5) is 16.2 Å².